The standard InChI is InChI=1S/C11H13BrN6/c1-18(2)11-16-9(13)15-10(17-11)14-8-5-3-7(12)4-6-8/h3-6H,1-2H3,(H3,13,14,15,16,17). The van der Waals surface area contributed by atoms with Gasteiger partial charge in [0.25, 0.3) is 0 Å². The van der Waals surface area contributed by atoms with E-state index in [1.54, 1.807) is 4.90 Å². The largest absolute Gasteiger partial charge is 0.368 e. The first kappa shape index (κ1) is 12.6. The minimum absolute atomic E-state index is 0.188. The maximum atomic E-state index is 5.64. The molecule has 0 fully saturated rings. The average Bonchev–Trinajstić information content (AvgIpc) is 2.31. The van der Waals surface area contributed by atoms with Crippen molar-refractivity contribution in [2.45, 2.75) is 0 Å². The van der Waals surface area contributed by atoms with Crippen molar-refractivity contribution in [2.24, 2.45) is 0 Å². The molecule has 0 amide bonds. The lowest BCUT2D eigenvalue weighted by Gasteiger charge is -2.12. The molecule has 7 heteroatoms. The average molecular weight is 309 g/mol. The number of hydrogen-bond acceptors (Lipinski definition) is 6. The van der Waals surface area contributed by atoms with Crippen molar-refractivity contribution < 1.29 is 0 Å². The minimum Gasteiger partial charge on any atom is -0.368 e. The van der Waals surface area contributed by atoms with E-state index in [9.17, 15) is 0 Å². The molecule has 0 bridgehead atoms. The summed E-state index contributed by atoms with van der Waals surface area (Å²) in [6.07, 6.45) is 0. The van der Waals surface area contributed by atoms with Gasteiger partial charge < -0.3 is 16.0 Å². The number of nitrogen functional groups attached to an aromatic ring is 1. The van der Waals surface area contributed by atoms with Gasteiger partial charge in [0.15, 0.2) is 0 Å². The zero-order chi connectivity index (χ0) is 13.1. The maximum Gasteiger partial charge on any atom is 0.233 e. The fourth-order valence-electron chi connectivity index (χ4n) is 1.30. The summed E-state index contributed by atoms with van der Waals surface area (Å²) in [6, 6.07) is 7.69. The first-order valence-corrected chi connectivity index (χ1v) is 6.05. The topological polar surface area (TPSA) is 80.0 Å². The van der Waals surface area contributed by atoms with Crippen molar-refractivity contribution >= 4 is 39.5 Å². The predicted octanol–water partition coefficient (Wildman–Crippen LogP) is 2.03. The number of hydrogen-bond donors (Lipinski definition) is 2. The van der Waals surface area contributed by atoms with Crippen LogP contribution in [0.1, 0.15) is 0 Å². The van der Waals surface area contributed by atoms with Crippen LogP contribution in [0.15, 0.2) is 28.7 Å². The summed E-state index contributed by atoms with van der Waals surface area (Å²) in [6.45, 7) is 0. The SMILES string of the molecule is CN(C)c1nc(N)nc(Nc2ccc(Br)cc2)n1. The Morgan fingerprint density at radius 2 is 1.78 bits per heavy atom. The molecule has 0 aliphatic rings. The molecular formula is C11H13BrN6. The van der Waals surface area contributed by atoms with Crippen molar-refractivity contribution in [3.05, 3.63) is 28.7 Å². The van der Waals surface area contributed by atoms with Crippen molar-refractivity contribution in [2.75, 3.05) is 30.0 Å². The summed E-state index contributed by atoms with van der Waals surface area (Å²) in [5, 5.41) is 3.08. The Kier molecular flexibility index (Phi) is 3.61. The van der Waals surface area contributed by atoms with Crippen LogP contribution in [0, 0.1) is 0 Å². The second kappa shape index (κ2) is 5.18. The predicted molar refractivity (Wildman–Crippen MR) is 76.0 cm³/mol. The van der Waals surface area contributed by atoms with Gasteiger partial charge in [-0.2, -0.15) is 15.0 Å². The van der Waals surface area contributed by atoms with Gasteiger partial charge >= 0.3 is 0 Å². The van der Waals surface area contributed by atoms with Gasteiger partial charge in [-0.15, -0.1) is 0 Å². The summed E-state index contributed by atoms with van der Waals surface area (Å²) in [4.78, 5) is 14.1. The van der Waals surface area contributed by atoms with Gasteiger partial charge in [-0.05, 0) is 24.3 Å². The highest BCUT2D eigenvalue weighted by molar-refractivity contribution is 9.10. The number of nitrogens with zero attached hydrogens (tertiary/aromatic N) is 4. The second-order valence-corrected chi connectivity index (χ2v) is 4.76. The third kappa shape index (κ3) is 3.07. The van der Waals surface area contributed by atoms with E-state index >= 15 is 0 Å². The molecule has 1 aromatic heterocycles. The summed E-state index contributed by atoms with van der Waals surface area (Å²) >= 11 is 3.38. The number of benzene rings is 1. The van der Waals surface area contributed by atoms with Crippen LogP contribution in [0.25, 0.3) is 0 Å². The van der Waals surface area contributed by atoms with E-state index in [1.165, 1.54) is 0 Å². The van der Waals surface area contributed by atoms with Crippen LogP contribution < -0.4 is 16.0 Å². The number of aromatic nitrogens is 3. The van der Waals surface area contributed by atoms with Crippen molar-refractivity contribution in [3.63, 3.8) is 0 Å². The number of anilines is 4. The number of rotatable bonds is 3. The zero-order valence-electron chi connectivity index (χ0n) is 10.1. The van der Waals surface area contributed by atoms with E-state index < -0.39 is 0 Å². The highest BCUT2D eigenvalue weighted by atomic mass is 79.9. The Labute approximate surface area is 113 Å². The number of halogens is 1. The molecule has 2 rings (SSSR count). The Hall–Kier alpha value is -1.89. The van der Waals surface area contributed by atoms with Crippen LogP contribution in [-0.2, 0) is 0 Å². The Balaban J connectivity index is 2.26. The van der Waals surface area contributed by atoms with E-state index in [1.807, 2.05) is 38.4 Å². The summed E-state index contributed by atoms with van der Waals surface area (Å²) in [5.74, 6) is 1.13. The van der Waals surface area contributed by atoms with Crippen molar-refractivity contribution in [1.82, 2.24) is 15.0 Å². The molecule has 0 spiro atoms. The normalized spacial score (nSPS) is 10.2. The quantitative estimate of drug-likeness (QED) is 0.903. The van der Waals surface area contributed by atoms with Crippen LogP contribution in [0.4, 0.5) is 23.5 Å². The van der Waals surface area contributed by atoms with E-state index in [4.69, 9.17) is 5.73 Å². The molecule has 3 N–H and O–H groups in total. The van der Waals surface area contributed by atoms with Crippen molar-refractivity contribution in [3.8, 4) is 0 Å². The molecule has 0 radical (unpaired) electrons. The van der Waals surface area contributed by atoms with Gasteiger partial charge in [-0.1, -0.05) is 15.9 Å². The van der Waals surface area contributed by atoms with Crippen LogP contribution in [-0.4, -0.2) is 29.0 Å². The first-order chi connectivity index (χ1) is 8.54. The van der Waals surface area contributed by atoms with Crippen LogP contribution in [0.2, 0.25) is 0 Å². The Morgan fingerprint density at radius 3 is 2.39 bits per heavy atom. The fourth-order valence-corrected chi connectivity index (χ4v) is 1.56. The van der Waals surface area contributed by atoms with Gasteiger partial charge in [0.1, 0.15) is 0 Å². The van der Waals surface area contributed by atoms with E-state index in [0.29, 0.717) is 11.9 Å². The molecule has 2 aromatic rings. The molecule has 0 saturated heterocycles. The van der Waals surface area contributed by atoms with Gasteiger partial charge in [0.05, 0.1) is 0 Å². The highest BCUT2D eigenvalue weighted by Crippen LogP contribution is 2.18. The molecule has 0 atom stereocenters. The van der Waals surface area contributed by atoms with Crippen molar-refractivity contribution in [1.29, 1.82) is 0 Å². The molecular weight excluding hydrogens is 296 g/mol. The summed E-state index contributed by atoms with van der Waals surface area (Å²) in [5.41, 5.74) is 6.52. The minimum atomic E-state index is 0.188. The summed E-state index contributed by atoms with van der Waals surface area (Å²) < 4.78 is 1.01. The molecule has 94 valence electrons. The zero-order valence-corrected chi connectivity index (χ0v) is 11.6. The van der Waals surface area contributed by atoms with Crippen LogP contribution in [0.5, 0.6) is 0 Å². The van der Waals surface area contributed by atoms with Gasteiger partial charge in [-0.25, -0.2) is 0 Å². The fraction of sp³-hybridized carbons (Fsp3) is 0.182. The lowest BCUT2D eigenvalue weighted by atomic mass is 10.3. The molecule has 1 aromatic carbocycles. The Morgan fingerprint density at radius 1 is 1.11 bits per heavy atom. The molecule has 6 nitrogen and oxygen atoms in total. The number of nitrogens with two attached hydrogens (primary N) is 1. The smallest absolute Gasteiger partial charge is 0.233 e. The third-order valence-corrected chi connectivity index (χ3v) is 2.67. The lowest BCUT2D eigenvalue weighted by molar-refractivity contribution is 0.969. The highest BCUT2D eigenvalue weighted by Gasteiger charge is 2.06. The first-order valence-electron chi connectivity index (χ1n) is 5.26. The van der Waals surface area contributed by atoms with Gasteiger partial charge in [0, 0.05) is 24.3 Å². The molecule has 18 heavy (non-hydrogen) atoms. The van der Waals surface area contributed by atoms with Gasteiger partial charge in [0.2, 0.25) is 17.8 Å². The molecule has 1 heterocycles. The molecule has 0 unspecified atom stereocenters. The maximum absolute atomic E-state index is 5.64. The van der Waals surface area contributed by atoms with Crippen LogP contribution >= 0.6 is 15.9 Å². The van der Waals surface area contributed by atoms with E-state index in [0.717, 1.165) is 10.2 Å². The van der Waals surface area contributed by atoms with E-state index in [-0.39, 0.29) is 5.95 Å². The monoisotopic (exact) mass is 308 g/mol. The molecule has 0 aliphatic heterocycles. The number of nitrogens with one attached hydrogen (secondary N) is 1. The second-order valence-electron chi connectivity index (χ2n) is 3.84. The lowest BCUT2D eigenvalue weighted by Crippen LogP contribution is -2.15. The molecule has 0 aliphatic carbocycles. The van der Waals surface area contributed by atoms with Crippen LogP contribution in [0.3, 0.4) is 0 Å². The Bertz CT molecular complexity index is 540. The van der Waals surface area contributed by atoms with E-state index in [2.05, 4.69) is 36.2 Å². The molecule has 0 saturated carbocycles. The van der Waals surface area contributed by atoms with Gasteiger partial charge in [-0.3, -0.25) is 0 Å². The third-order valence-electron chi connectivity index (χ3n) is 2.14. The summed E-state index contributed by atoms with van der Waals surface area (Å²) in [7, 11) is 3.69.